The van der Waals surface area contributed by atoms with E-state index in [0.717, 1.165) is 22.4 Å². The van der Waals surface area contributed by atoms with Crippen LogP contribution in [0.2, 0.25) is 10.0 Å². The van der Waals surface area contributed by atoms with Crippen LogP contribution in [-0.4, -0.2) is 23.9 Å². The van der Waals surface area contributed by atoms with E-state index in [1.807, 2.05) is 24.3 Å². The molecule has 0 aliphatic carbocycles. The molecule has 6 nitrogen and oxygen atoms in total. The van der Waals surface area contributed by atoms with Gasteiger partial charge in [-0.3, -0.25) is 5.43 Å². The van der Waals surface area contributed by atoms with Crippen molar-refractivity contribution in [3.05, 3.63) is 87.9 Å². The van der Waals surface area contributed by atoms with Crippen LogP contribution in [0.1, 0.15) is 11.1 Å². The minimum Gasteiger partial charge on any atom is -0.395 e. The van der Waals surface area contributed by atoms with E-state index in [-0.39, 0.29) is 23.7 Å². The molecule has 0 saturated heterocycles. The number of ether oxygens (including phenoxy) is 2. The predicted molar refractivity (Wildman–Crippen MR) is 121 cm³/mol. The van der Waals surface area contributed by atoms with Gasteiger partial charge in [-0.2, -0.15) is 0 Å². The molecule has 5 rings (SSSR count). The number of nitrogens with one attached hydrogen (secondary N) is 2. The highest BCUT2D eigenvalue weighted by Crippen LogP contribution is 2.42. The number of alkyl halides is 2. The van der Waals surface area contributed by atoms with Gasteiger partial charge in [-0.1, -0.05) is 47.5 Å². The van der Waals surface area contributed by atoms with Crippen molar-refractivity contribution < 1.29 is 23.0 Å². The maximum Gasteiger partial charge on any atom is 0.586 e. The molecule has 10 heteroatoms. The zero-order valence-electron chi connectivity index (χ0n) is 16.7. The number of hydrogen-bond acceptors (Lipinski definition) is 4. The second-order valence-electron chi connectivity index (χ2n) is 7.32. The van der Waals surface area contributed by atoms with Crippen LogP contribution in [0, 0.1) is 0 Å². The number of anilines is 1. The minimum absolute atomic E-state index is 0.103. The number of carbonyl (C=O) groups is 1. The van der Waals surface area contributed by atoms with Crippen LogP contribution >= 0.6 is 23.2 Å². The van der Waals surface area contributed by atoms with E-state index in [1.54, 1.807) is 24.3 Å². The summed E-state index contributed by atoms with van der Waals surface area (Å²) < 4.78 is 35.4. The van der Waals surface area contributed by atoms with Crippen molar-refractivity contribution in [2.45, 2.75) is 6.29 Å². The normalized spacial score (nSPS) is 16.1. The van der Waals surface area contributed by atoms with E-state index in [0.29, 0.717) is 10.0 Å². The number of carbonyl (C=O) groups excluding carboxylic acids is 1. The number of urea groups is 1. The maximum atomic E-state index is 13.3. The van der Waals surface area contributed by atoms with Crippen LogP contribution in [0.3, 0.4) is 0 Å². The van der Waals surface area contributed by atoms with Crippen molar-refractivity contribution >= 4 is 46.2 Å². The molecule has 2 aliphatic rings. The Morgan fingerprint density at radius 2 is 1.52 bits per heavy atom. The molecule has 168 valence electrons. The number of amides is 2. The molecular weight excluding hydrogens is 475 g/mol. The summed E-state index contributed by atoms with van der Waals surface area (Å²) in [4.78, 5) is 13.0. The Kier molecular flexibility index (Phi) is 5.26. The molecule has 33 heavy (non-hydrogen) atoms. The first-order chi connectivity index (χ1) is 15.8. The molecule has 0 atom stereocenters. The lowest BCUT2D eigenvalue weighted by molar-refractivity contribution is -0.286. The minimum atomic E-state index is -3.73. The second kappa shape index (κ2) is 8.13. The molecule has 2 N–H and O–H groups in total. The zero-order valence-corrected chi connectivity index (χ0v) is 18.3. The summed E-state index contributed by atoms with van der Waals surface area (Å²) in [6, 6.07) is 18.0. The van der Waals surface area contributed by atoms with Crippen molar-refractivity contribution in [2.75, 3.05) is 11.9 Å². The SMILES string of the molecule is O=C(Nc1ccc2c(c1)OC(F)(F)O2)N1CC(c2ccc(Cl)cc2)=C(c2ccc(Cl)cc2)N1. The smallest absolute Gasteiger partial charge is 0.395 e. The summed E-state index contributed by atoms with van der Waals surface area (Å²) >= 11 is 12.1. The zero-order chi connectivity index (χ0) is 23.2. The third-order valence-corrected chi connectivity index (χ3v) is 5.59. The van der Waals surface area contributed by atoms with E-state index >= 15 is 0 Å². The summed E-state index contributed by atoms with van der Waals surface area (Å²) in [6.45, 7) is 0.244. The number of hydrazine groups is 1. The van der Waals surface area contributed by atoms with Gasteiger partial charge in [0.15, 0.2) is 11.5 Å². The molecule has 2 heterocycles. The van der Waals surface area contributed by atoms with Gasteiger partial charge in [0.1, 0.15) is 0 Å². The fourth-order valence-electron chi connectivity index (χ4n) is 3.56. The number of nitrogens with zero attached hydrogens (tertiary/aromatic N) is 1. The van der Waals surface area contributed by atoms with E-state index in [2.05, 4.69) is 20.2 Å². The highest BCUT2D eigenvalue weighted by atomic mass is 35.5. The molecule has 3 aromatic rings. The third-order valence-electron chi connectivity index (χ3n) is 5.09. The first-order valence-corrected chi connectivity index (χ1v) is 10.5. The number of fused-ring (bicyclic) bond motifs is 1. The van der Waals surface area contributed by atoms with Gasteiger partial charge in [-0.15, -0.1) is 8.78 Å². The Hall–Kier alpha value is -3.49. The van der Waals surface area contributed by atoms with Crippen LogP contribution in [0.25, 0.3) is 11.3 Å². The van der Waals surface area contributed by atoms with Gasteiger partial charge < -0.3 is 14.8 Å². The van der Waals surface area contributed by atoms with Gasteiger partial charge in [0.05, 0.1) is 12.2 Å². The van der Waals surface area contributed by atoms with Gasteiger partial charge in [0, 0.05) is 27.4 Å². The Bertz CT molecular complexity index is 1210. The lowest BCUT2D eigenvalue weighted by atomic mass is 10.0. The van der Waals surface area contributed by atoms with Crippen LogP contribution < -0.4 is 20.2 Å². The van der Waals surface area contributed by atoms with Crippen molar-refractivity contribution in [2.24, 2.45) is 0 Å². The molecule has 3 aromatic carbocycles. The monoisotopic (exact) mass is 489 g/mol. The molecule has 0 fully saturated rings. The molecule has 0 saturated carbocycles. The second-order valence-corrected chi connectivity index (χ2v) is 8.20. The number of benzene rings is 3. The molecule has 0 aromatic heterocycles. The highest BCUT2D eigenvalue weighted by Gasteiger charge is 2.43. The van der Waals surface area contributed by atoms with Crippen LogP contribution in [0.5, 0.6) is 11.5 Å². The molecular formula is C23H15Cl2F2N3O3. The Morgan fingerprint density at radius 1 is 0.909 bits per heavy atom. The van der Waals surface area contributed by atoms with E-state index in [9.17, 15) is 13.6 Å². The first kappa shape index (κ1) is 21.4. The van der Waals surface area contributed by atoms with Crippen molar-refractivity contribution in [3.63, 3.8) is 0 Å². The number of rotatable bonds is 3. The van der Waals surface area contributed by atoms with E-state index in [1.165, 1.54) is 23.2 Å². The quantitative estimate of drug-likeness (QED) is 0.457. The fraction of sp³-hybridized carbons (Fsp3) is 0.0870. The van der Waals surface area contributed by atoms with Crippen LogP contribution in [0.4, 0.5) is 19.3 Å². The summed E-state index contributed by atoms with van der Waals surface area (Å²) in [5.74, 6) is -0.261. The highest BCUT2D eigenvalue weighted by molar-refractivity contribution is 6.31. The molecule has 0 unspecified atom stereocenters. The topological polar surface area (TPSA) is 62.8 Å². The lowest BCUT2D eigenvalue weighted by Crippen LogP contribution is -2.40. The Balaban J connectivity index is 1.39. The Morgan fingerprint density at radius 3 is 2.18 bits per heavy atom. The van der Waals surface area contributed by atoms with Gasteiger partial charge in [0.25, 0.3) is 0 Å². The van der Waals surface area contributed by atoms with Gasteiger partial charge in [-0.05, 0) is 47.5 Å². The molecule has 0 spiro atoms. The molecule has 2 amide bonds. The third kappa shape index (κ3) is 4.40. The first-order valence-electron chi connectivity index (χ1n) is 9.77. The van der Waals surface area contributed by atoms with Gasteiger partial charge >= 0.3 is 12.3 Å². The average Bonchev–Trinajstić information content (AvgIpc) is 3.34. The van der Waals surface area contributed by atoms with Gasteiger partial charge in [0.2, 0.25) is 0 Å². The van der Waals surface area contributed by atoms with Gasteiger partial charge in [-0.25, -0.2) is 9.80 Å². The summed E-state index contributed by atoms with van der Waals surface area (Å²) in [6.07, 6.45) is -3.73. The summed E-state index contributed by atoms with van der Waals surface area (Å²) in [7, 11) is 0. The Labute approximate surface area is 197 Å². The molecule has 2 aliphatic heterocycles. The lowest BCUT2D eigenvalue weighted by Gasteiger charge is -2.19. The number of halogens is 4. The summed E-state index contributed by atoms with van der Waals surface area (Å²) in [5, 5.41) is 5.25. The largest absolute Gasteiger partial charge is 0.586 e. The van der Waals surface area contributed by atoms with E-state index in [4.69, 9.17) is 23.2 Å². The van der Waals surface area contributed by atoms with Crippen molar-refractivity contribution in [1.82, 2.24) is 10.4 Å². The average molecular weight is 490 g/mol. The summed E-state index contributed by atoms with van der Waals surface area (Å²) in [5.41, 5.74) is 6.72. The van der Waals surface area contributed by atoms with Crippen molar-refractivity contribution in [1.29, 1.82) is 0 Å². The molecule has 0 bridgehead atoms. The van der Waals surface area contributed by atoms with Crippen LogP contribution in [0.15, 0.2) is 66.7 Å². The fourth-order valence-corrected chi connectivity index (χ4v) is 3.81. The molecule has 0 radical (unpaired) electrons. The standard InChI is InChI=1S/C23H15Cl2F2N3O3/c24-15-5-1-13(2-6-15)18-12-30(29-21(18)14-3-7-16(25)8-4-14)22(31)28-17-9-10-19-20(11-17)33-23(26,27)32-19/h1-11,29H,12H2,(H,28,31). The van der Waals surface area contributed by atoms with E-state index < -0.39 is 12.3 Å². The number of hydrogen-bond donors (Lipinski definition) is 2. The predicted octanol–water partition coefficient (Wildman–Crippen LogP) is 6.24. The van der Waals surface area contributed by atoms with Crippen molar-refractivity contribution in [3.8, 4) is 11.5 Å². The van der Waals surface area contributed by atoms with Crippen LogP contribution in [-0.2, 0) is 0 Å². The maximum absolute atomic E-state index is 13.3.